The Kier molecular flexibility index (Phi) is 5.98. The third-order valence-corrected chi connectivity index (χ3v) is 2.87. The van der Waals surface area contributed by atoms with Crippen molar-refractivity contribution in [1.82, 2.24) is 24.9 Å². The summed E-state index contributed by atoms with van der Waals surface area (Å²) < 4.78 is 17.0. The fourth-order valence-electron chi connectivity index (χ4n) is 1.87. The summed E-state index contributed by atoms with van der Waals surface area (Å²) in [4.78, 5) is 0. The summed E-state index contributed by atoms with van der Waals surface area (Å²) in [6.07, 6.45) is 3.35. The summed E-state index contributed by atoms with van der Waals surface area (Å²) in [5, 5.41) is 11.4. The Balaban J connectivity index is 0.00000180. The van der Waals surface area contributed by atoms with Crippen LogP contribution in [-0.2, 0) is 26.2 Å². The minimum Gasteiger partial charge on any atom is -0.307 e. The van der Waals surface area contributed by atoms with Gasteiger partial charge in [0.1, 0.15) is 0 Å². The molecule has 19 heavy (non-hydrogen) atoms. The predicted molar refractivity (Wildman–Crippen MR) is 73.6 cm³/mol. The summed E-state index contributed by atoms with van der Waals surface area (Å²) in [7, 11) is 0. The van der Waals surface area contributed by atoms with Gasteiger partial charge in [0.25, 0.3) is 0 Å². The number of hydrogen-bond donors (Lipinski definition) is 1. The maximum atomic E-state index is 13.7. The Morgan fingerprint density at radius 1 is 1.16 bits per heavy atom. The van der Waals surface area contributed by atoms with Crippen LogP contribution in [0.2, 0.25) is 0 Å². The standard InChI is InChI=1S/C12H18FN5.ClH/c1-3-17-11(5-6-15-17)9-14-7-10-8-16-18(4-2)12(10)13;/h5-6,8,14H,3-4,7,9H2,1-2H3;1H. The molecular weight excluding hydrogens is 269 g/mol. The van der Waals surface area contributed by atoms with Crippen molar-refractivity contribution in [2.75, 3.05) is 0 Å². The molecule has 0 radical (unpaired) electrons. The van der Waals surface area contributed by atoms with Gasteiger partial charge in [-0.1, -0.05) is 0 Å². The molecule has 5 nitrogen and oxygen atoms in total. The van der Waals surface area contributed by atoms with Crippen LogP contribution in [0.4, 0.5) is 4.39 Å². The minimum atomic E-state index is -0.256. The molecule has 0 spiro atoms. The van der Waals surface area contributed by atoms with Crippen LogP contribution in [0.3, 0.4) is 0 Å². The molecule has 1 N–H and O–H groups in total. The van der Waals surface area contributed by atoms with Crippen LogP contribution in [0, 0.1) is 5.95 Å². The molecule has 0 saturated carbocycles. The SMILES string of the molecule is CCn1nccc1CNCc1cnn(CC)c1F.Cl. The van der Waals surface area contributed by atoms with Gasteiger partial charge in [-0.25, -0.2) is 4.68 Å². The third-order valence-electron chi connectivity index (χ3n) is 2.87. The van der Waals surface area contributed by atoms with E-state index in [4.69, 9.17) is 0 Å². The van der Waals surface area contributed by atoms with Crippen LogP contribution in [-0.4, -0.2) is 19.6 Å². The summed E-state index contributed by atoms with van der Waals surface area (Å²) in [6, 6.07) is 1.96. The van der Waals surface area contributed by atoms with Crippen molar-refractivity contribution in [2.24, 2.45) is 0 Å². The molecular formula is C12H19ClFN5. The lowest BCUT2D eigenvalue weighted by Crippen LogP contribution is -2.16. The monoisotopic (exact) mass is 287 g/mol. The molecule has 7 heteroatoms. The second-order valence-corrected chi connectivity index (χ2v) is 4.02. The van der Waals surface area contributed by atoms with Crippen LogP contribution in [0.1, 0.15) is 25.1 Å². The van der Waals surface area contributed by atoms with Gasteiger partial charge in [-0.05, 0) is 19.9 Å². The number of aromatic nitrogens is 4. The first-order valence-electron chi connectivity index (χ1n) is 6.17. The first-order chi connectivity index (χ1) is 8.76. The van der Waals surface area contributed by atoms with Crippen molar-refractivity contribution in [3.05, 3.63) is 35.7 Å². The molecule has 2 aromatic heterocycles. The number of hydrogen-bond acceptors (Lipinski definition) is 3. The fraction of sp³-hybridized carbons (Fsp3) is 0.500. The molecule has 0 bridgehead atoms. The molecule has 0 unspecified atom stereocenters. The summed E-state index contributed by atoms with van der Waals surface area (Å²) in [5.41, 5.74) is 1.69. The Morgan fingerprint density at radius 3 is 2.53 bits per heavy atom. The van der Waals surface area contributed by atoms with Gasteiger partial charge in [0, 0.05) is 37.9 Å². The molecule has 0 aliphatic heterocycles. The quantitative estimate of drug-likeness (QED) is 0.884. The van der Waals surface area contributed by atoms with Crippen LogP contribution in [0.5, 0.6) is 0 Å². The van der Waals surface area contributed by atoms with Gasteiger partial charge < -0.3 is 5.32 Å². The Bertz CT molecular complexity index is 508. The Labute approximate surface area is 118 Å². The topological polar surface area (TPSA) is 47.7 Å². The Morgan fingerprint density at radius 2 is 1.89 bits per heavy atom. The highest BCUT2D eigenvalue weighted by atomic mass is 35.5. The van der Waals surface area contributed by atoms with Gasteiger partial charge in [-0.3, -0.25) is 4.68 Å². The summed E-state index contributed by atoms with van der Waals surface area (Å²) in [6.45, 7) is 6.44. The molecule has 0 amide bonds. The van der Waals surface area contributed by atoms with E-state index < -0.39 is 0 Å². The van der Waals surface area contributed by atoms with E-state index in [1.807, 2.05) is 24.6 Å². The number of nitrogens with one attached hydrogen (secondary N) is 1. The second kappa shape index (κ2) is 7.25. The molecule has 2 aromatic rings. The number of rotatable bonds is 6. The van der Waals surface area contributed by atoms with Gasteiger partial charge in [-0.15, -0.1) is 12.4 Å². The number of halogens is 2. The minimum absolute atomic E-state index is 0. The van der Waals surface area contributed by atoms with Gasteiger partial charge in [-0.2, -0.15) is 14.6 Å². The first-order valence-corrected chi connectivity index (χ1v) is 6.17. The van der Waals surface area contributed by atoms with E-state index in [0.717, 1.165) is 12.2 Å². The van der Waals surface area contributed by atoms with Crippen molar-refractivity contribution in [3.8, 4) is 0 Å². The zero-order chi connectivity index (χ0) is 13.0. The zero-order valence-corrected chi connectivity index (χ0v) is 12.0. The van der Waals surface area contributed by atoms with E-state index in [0.29, 0.717) is 25.2 Å². The maximum Gasteiger partial charge on any atom is 0.215 e. The Hall–Kier alpha value is -1.40. The van der Waals surface area contributed by atoms with Gasteiger partial charge in [0.2, 0.25) is 5.95 Å². The highest BCUT2D eigenvalue weighted by Gasteiger charge is 2.08. The molecule has 0 aliphatic carbocycles. The van der Waals surface area contributed by atoms with Crippen LogP contribution < -0.4 is 5.32 Å². The predicted octanol–water partition coefficient (Wildman–Crippen LogP) is 1.97. The smallest absolute Gasteiger partial charge is 0.215 e. The van der Waals surface area contributed by atoms with Crippen molar-refractivity contribution < 1.29 is 4.39 Å². The molecule has 106 valence electrons. The second-order valence-electron chi connectivity index (χ2n) is 4.02. The van der Waals surface area contributed by atoms with E-state index in [9.17, 15) is 4.39 Å². The summed E-state index contributed by atoms with van der Waals surface area (Å²) >= 11 is 0. The molecule has 2 rings (SSSR count). The van der Waals surface area contributed by atoms with Crippen LogP contribution >= 0.6 is 12.4 Å². The fourth-order valence-corrected chi connectivity index (χ4v) is 1.87. The molecule has 2 heterocycles. The van der Waals surface area contributed by atoms with Crippen molar-refractivity contribution in [3.63, 3.8) is 0 Å². The largest absolute Gasteiger partial charge is 0.307 e. The maximum absolute atomic E-state index is 13.7. The lowest BCUT2D eigenvalue weighted by molar-refractivity contribution is 0.459. The van der Waals surface area contributed by atoms with E-state index >= 15 is 0 Å². The van der Waals surface area contributed by atoms with E-state index in [1.165, 1.54) is 4.68 Å². The first kappa shape index (κ1) is 15.7. The average Bonchev–Trinajstić information content (AvgIpc) is 2.97. The summed E-state index contributed by atoms with van der Waals surface area (Å²) in [5.74, 6) is -0.256. The third kappa shape index (κ3) is 3.54. The van der Waals surface area contributed by atoms with E-state index in [-0.39, 0.29) is 18.4 Å². The number of nitrogens with zero attached hydrogens (tertiary/aromatic N) is 4. The normalized spacial score (nSPS) is 10.5. The van der Waals surface area contributed by atoms with Crippen LogP contribution in [0.25, 0.3) is 0 Å². The van der Waals surface area contributed by atoms with E-state index in [1.54, 1.807) is 12.4 Å². The average molecular weight is 288 g/mol. The molecule has 0 aromatic carbocycles. The highest BCUT2D eigenvalue weighted by Crippen LogP contribution is 2.06. The molecule has 0 saturated heterocycles. The number of aryl methyl sites for hydroxylation is 2. The molecule has 0 atom stereocenters. The lowest BCUT2D eigenvalue weighted by atomic mass is 10.3. The molecule has 0 aliphatic rings. The van der Waals surface area contributed by atoms with Crippen LogP contribution in [0.15, 0.2) is 18.5 Å². The van der Waals surface area contributed by atoms with Crippen molar-refractivity contribution >= 4 is 12.4 Å². The molecule has 0 fully saturated rings. The van der Waals surface area contributed by atoms with Crippen molar-refractivity contribution in [1.29, 1.82) is 0 Å². The van der Waals surface area contributed by atoms with Crippen molar-refractivity contribution in [2.45, 2.75) is 40.0 Å². The van der Waals surface area contributed by atoms with Gasteiger partial charge >= 0.3 is 0 Å². The zero-order valence-electron chi connectivity index (χ0n) is 11.1. The highest BCUT2D eigenvalue weighted by molar-refractivity contribution is 5.85. The van der Waals surface area contributed by atoms with E-state index in [2.05, 4.69) is 15.5 Å². The lowest BCUT2D eigenvalue weighted by Gasteiger charge is -2.06. The van der Waals surface area contributed by atoms with Gasteiger partial charge in [0.15, 0.2) is 0 Å². The van der Waals surface area contributed by atoms with Gasteiger partial charge in [0.05, 0.1) is 11.9 Å².